The van der Waals surface area contributed by atoms with Gasteiger partial charge in [0.2, 0.25) is 0 Å². The third kappa shape index (κ3) is 6.08. The molecule has 1 aromatic carbocycles. The van der Waals surface area contributed by atoms with Gasteiger partial charge >= 0.3 is 6.18 Å². The molecule has 0 spiro atoms. The zero-order chi connectivity index (χ0) is 26.7. The average Bonchev–Trinajstić information content (AvgIpc) is 2.88. The van der Waals surface area contributed by atoms with E-state index in [2.05, 4.69) is 22.9 Å². The van der Waals surface area contributed by atoms with E-state index in [0.717, 1.165) is 48.4 Å². The number of nitrogens with zero attached hydrogens (tertiary/aromatic N) is 3. The van der Waals surface area contributed by atoms with Crippen LogP contribution in [0.3, 0.4) is 0 Å². The first kappa shape index (κ1) is 27.3. The van der Waals surface area contributed by atoms with E-state index in [1.54, 1.807) is 4.90 Å². The summed E-state index contributed by atoms with van der Waals surface area (Å²) in [5, 5.41) is 9.95. The van der Waals surface area contributed by atoms with E-state index in [1.165, 1.54) is 11.6 Å². The maximum atomic E-state index is 13.0. The molecule has 3 atom stereocenters. The number of carbonyl (C=O) groups is 1. The van der Waals surface area contributed by atoms with E-state index in [9.17, 15) is 23.1 Å². The molecule has 3 N–H and O–H groups in total. The van der Waals surface area contributed by atoms with Crippen molar-refractivity contribution in [2.75, 3.05) is 32.8 Å². The number of piperazine rings is 1. The average molecular weight is 521 g/mol. The Morgan fingerprint density at radius 3 is 2.65 bits per heavy atom. The minimum Gasteiger partial charge on any atom is -0.491 e. The molecule has 2 aromatic rings. The van der Waals surface area contributed by atoms with Crippen molar-refractivity contribution in [1.82, 2.24) is 14.8 Å². The number of aliphatic hydroxyl groups is 1. The number of fused-ring (bicyclic) bond motifs is 1. The van der Waals surface area contributed by atoms with Gasteiger partial charge in [-0.2, -0.15) is 13.2 Å². The molecule has 0 saturated carbocycles. The summed E-state index contributed by atoms with van der Waals surface area (Å²) < 4.78 is 44.3. The van der Waals surface area contributed by atoms with Gasteiger partial charge < -0.3 is 20.5 Å². The van der Waals surface area contributed by atoms with Crippen molar-refractivity contribution in [1.29, 1.82) is 0 Å². The Morgan fingerprint density at radius 2 is 1.97 bits per heavy atom. The number of hydrogen-bond acceptors (Lipinski definition) is 6. The zero-order valence-corrected chi connectivity index (χ0v) is 21.3. The molecule has 0 radical (unpaired) electrons. The Balaban J connectivity index is 1.44. The highest BCUT2D eigenvalue weighted by molar-refractivity contribution is 5.94. The number of aromatic nitrogens is 1. The molecule has 0 bridgehead atoms. The van der Waals surface area contributed by atoms with E-state index in [4.69, 9.17) is 10.5 Å². The number of aliphatic hydroxyl groups excluding tert-OH is 1. The van der Waals surface area contributed by atoms with Gasteiger partial charge in [0, 0.05) is 37.9 Å². The van der Waals surface area contributed by atoms with E-state index in [-0.39, 0.29) is 30.2 Å². The number of carbonyl (C=O) groups excluding carboxylic acids is 1. The molecule has 2 saturated heterocycles. The number of alkyl halides is 3. The predicted molar refractivity (Wildman–Crippen MR) is 133 cm³/mol. The van der Waals surface area contributed by atoms with Crippen molar-refractivity contribution in [3.63, 3.8) is 0 Å². The quantitative estimate of drug-likeness (QED) is 0.576. The highest BCUT2D eigenvalue weighted by atomic mass is 19.4. The number of nitrogens with two attached hydrogens (primary N) is 1. The summed E-state index contributed by atoms with van der Waals surface area (Å²) >= 11 is 0. The minimum absolute atomic E-state index is 0.174. The molecule has 3 heterocycles. The van der Waals surface area contributed by atoms with Gasteiger partial charge in [-0.15, -0.1) is 0 Å². The van der Waals surface area contributed by atoms with E-state index in [1.807, 2.05) is 13.0 Å². The van der Waals surface area contributed by atoms with Gasteiger partial charge in [0.1, 0.15) is 18.1 Å². The van der Waals surface area contributed by atoms with Gasteiger partial charge in [0.25, 0.3) is 5.91 Å². The topological polar surface area (TPSA) is 91.9 Å². The lowest BCUT2D eigenvalue weighted by atomic mass is 9.86. The third-order valence-corrected chi connectivity index (χ3v) is 7.60. The van der Waals surface area contributed by atoms with Crippen molar-refractivity contribution in [3.05, 3.63) is 58.4 Å². The lowest BCUT2D eigenvalue weighted by Gasteiger charge is -2.48. The molecule has 7 nitrogen and oxygen atoms in total. The van der Waals surface area contributed by atoms with E-state index >= 15 is 0 Å². The Labute approximate surface area is 215 Å². The van der Waals surface area contributed by atoms with Crippen LogP contribution in [0.2, 0.25) is 0 Å². The van der Waals surface area contributed by atoms with E-state index < -0.39 is 18.0 Å². The number of rotatable bonds is 7. The monoisotopic (exact) mass is 520 g/mol. The molecule has 2 aliphatic rings. The number of halogens is 3. The maximum absolute atomic E-state index is 13.0. The van der Waals surface area contributed by atoms with Crippen LogP contribution >= 0.6 is 0 Å². The van der Waals surface area contributed by atoms with Gasteiger partial charge in [-0.25, -0.2) is 0 Å². The van der Waals surface area contributed by atoms with Crippen molar-refractivity contribution in [2.24, 2.45) is 5.73 Å². The Kier molecular flexibility index (Phi) is 8.40. The largest absolute Gasteiger partial charge is 0.491 e. The summed E-state index contributed by atoms with van der Waals surface area (Å²) in [6, 6.07) is 6.54. The first-order chi connectivity index (χ1) is 17.6. The van der Waals surface area contributed by atoms with Gasteiger partial charge in [-0.1, -0.05) is 6.07 Å². The Morgan fingerprint density at radius 1 is 1.19 bits per heavy atom. The van der Waals surface area contributed by atoms with Crippen LogP contribution in [-0.4, -0.2) is 70.7 Å². The van der Waals surface area contributed by atoms with Crippen LogP contribution in [0.5, 0.6) is 5.75 Å². The second kappa shape index (κ2) is 11.4. The molecule has 2 fully saturated rings. The fourth-order valence-electron chi connectivity index (χ4n) is 5.43. The normalized spacial score (nSPS) is 21.4. The van der Waals surface area contributed by atoms with Crippen LogP contribution in [0.1, 0.15) is 64.5 Å². The summed E-state index contributed by atoms with van der Waals surface area (Å²) in [5.41, 5.74) is 8.11. The van der Waals surface area contributed by atoms with Crippen LogP contribution in [-0.2, 0) is 6.18 Å². The molecule has 1 amide bonds. The fourth-order valence-corrected chi connectivity index (χ4v) is 5.43. The number of amides is 1. The standard InChI is InChI=1S/C27H35F3N4O3/c1-17-18(2)24(37-16-21(35)10-11-31)8-7-22(17)23-5-3-4-20-15-33(12-13-34(20)23)26(36)19-6-9-25(32-14-19)27(28,29)30/h6-9,14,20-21,23,35H,3-5,10-13,15-16,31H2,1-2H3/t20-,21-,23+/m0/s1. The van der Waals surface area contributed by atoms with Gasteiger partial charge in [-0.05, 0) is 81.0 Å². The SMILES string of the molecule is Cc1c(OC[C@@H](O)CCN)ccc([C@H]2CCC[C@H]3CN(C(=O)c4ccc(C(F)(F)F)nc4)CCN32)c1C. The zero-order valence-electron chi connectivity index (χ0n) is 21.3. The summed E-state index contributed by atoms with van der Waals surface area (Å²) in [4.78, 5) is 20.7. The number of hydrogen-bond donors (Lipinski definition) is 2. The highest BCUT2D eigenvalue weighted by Crippen LogP contribution is 2.39. The molecule has 37 heavy (non-hydrogen) atoms. The minimum atomic E-state index is -4.53. The summed E-state index contributed by atoms with van der Waals surface area (Å²) in [6.07, 6.45) is -0.614. The first-order valence-corrected chi connectivity index (χ1v) is 12.8. The number of ether oxygens (including phenoxy) is 1. The Hall–Kier alpha value is -2.69. The molecule has 202 valence electrons. The third-order valence-electron chi connectivity index (χ3n) is 7.60. The molecule has 2 aliphatic heterocycles. The van der Waals surface area contributed by atoms with Crippen LogP contribution in [0.4, 0.5) is 13.2 Å². The van der Waals surface area contributed by atoms with Gasteiger partial charge in [0.15, 0.2) is 0 Å². The van der Waals surface area contributed by atoms with Crippen molar-refractivity contribution in [3.8, 4) is 5.75 Å². The lowest BCUT2D eigenvalue weighted by molar-refractivity contribution is -0.141. The number of pyridine rings is 1. The predicted octanol–water partition coefficient (Wildman–Crippen LogP) is 3.86. The Bertz CT molecular complexity index is 1090. The second-order valence-corrected chi connectivity index (χ2v) is 9.96. The maximum Gasteiger partial charge on any atom is 0.433 e. The van der Waals surface area contributed by atoms with Crippen LogP contribution < -0.4 is 10.5 Å². The molecule has 4 rings (SSSR count). The summed E-state index contributed by atoms with van der Waals surface area (Å²) in [7, 11) is 0. The summed E-state index contributed by atoms with van der Waals surface area (Å²) in [6.45, 7) is 6.46. The van der Waals surface area contributed by atoms with Crippen LogP contribution in [0, 0.1) is 13.8 Å². The second-order valence-electron chi connectivity index (χ2n) is 9.96. The van der Waals surface area contributed by atoms with Crippen LogP contribution in [0.15, 0.2) is 30.5 Å². The number of piperidine rings is 1. The van der Waals surface area contributed by atoms with Gasteiger partial charge in [0.05, 0.1) is 11.7 Å². The first-order valence-electron chi connectivity index (χ1n) is 12.8. The molecular weight excluding hydrogens is 485 g/mol. The number of benzene rings is 1. The fraction of sp³-hybridized carbons (Fsp3) is 0.556. The molecular formula is C27H35F3N4O3. The lowest BCUT2D eigenvalue weighted by Crippen LogP contribution is -2.57. The van der Waals surface area contributed by atoms with Crippen molar-refractivity contribution >= 4 is 5.91 Å². The molecule has 0 aliphatic carbocycles. The van der Waals surface area contributed by atoms with Crippen LogP contribution in [0.25, 0.3) is 0 Å². The van der Waals surface area contributed by atoms with Crippen molar-refractivity contribution < 1.29 is 27.8 Å². The van der Waals surface area contributed by atoms with E-state index in [0.29, 0.717) is 32.6 Å². The molecule has 10 heteroatoms. The molecule has 1 aromatic heterocycles. The molecule has 0 unspecified atom stereocenters. The summed E-state index contributed by atoms with van der Waals surface area (Å²) in [5.74, 6) is 0.471. The van der Waals surface area contributed by atoms with Crippen molar-refractivity contribution in [2.45, 2.75) is 63.9 Å². The van der Waals surface area contributed by atoms with Gasteiger partial charge in [-0.3, -0.25) is 14.7 Å². The smallest absolute Gasteiger partial charge is 0.433 e. The highest BCUT2D eigenvalue weighted by Gasteiger charge is 2.38.